The Morgan fingerprint density at radius 1 is 1.35 bits per heavy atom. The molecule has 3 aliphatic rings. The summed E-state index contributed by atoms with van der Waals surface area (Å²) >= 11 is 0. The summed E-state index contributed by atoms with van der Waals surface area (Å²) in [6, 6.07) is 0.0608. The molecule has 1 unspecified atom stereocenters. The second-order valence-electron chi connectivity index (χ2n) is 8.83. The van der Waals surface area contributed by atoms with Gasteiger partial charge in [0.15, 0.2) is 0 Å². The van der Waals surface area contributed by atoms with Crippen molar-refractivity contribution in [2.75, 3.05) is 19.6 Å². The van der Waals surface area contributed by atoms with Crippen LogP contribution in [0.5, 0.6) is 0 Å². The summed E-state index contributed by atoms with van der Waals surface area (Å²) < 4.78 is 37.1. The lowest BCUT2D eigenvalue weighted by Gasteiger charge is -2.31. The van der Waals surface area contributed by atoms with E-state index in [2.05, 4.69) is 10.6 Å². The number of fused-ring (bicyclic) bond motifs is 1. The largest absolute Gasteiger partial charge is 0.471 e. The minimum absolute atomic E-state index is 0.00772. The topological polar surface area (TPSA) is 131 Å². The lowest BCUT2D eigenvalue weighted by Crippen LogP contribution is -2.54. The standard InChI is InChI=1S/C19H24F3N5O4/c1-18(2)11-8-27(12(28)7-25-17(31)19(20,21)22)14(13(11)18)16(30)26-10(6-23)5-9-3-4-24-15(9)29/h9-11,13-14H,3-5,7-8H2,1-2H3,(H,24,29)(H,25,31)(H,26,30)/t9-,10-,11-,13?,14-/m0/s1. The van der Waals surface area contributed by atoms with Crippen LogP contribution < -0.4 is 16.0 Å². The first-order chi connectivity index (χ1) is 14.4. The third-order valence-electron chi connectivity index (χ3n) is 6.61. The molecule has 5 atom stereocenters. The molecule has 9 nitrogen and oxygen atoms in total. The summed E-state index contributed by atoms with van der Waals surface area (Å²) in [5.41, 5.74) is -0.235. The SMILES string of the molecule is CC1(C)C2[C@@H](C(=O)N[C@H](C#N)C[C@@H]3CCNC3=O)N(C(=O)CNC(=O)C(F)(F)F)C[C@@H]21. The van der Waals surface area contributed by atoms with Gasteiger partial charge in [0.1, 0.15) is 12.1 Å². The number of hydrogen-bond donors (Lipinski definition) is 3. The van der Waals surface area contributed by atoms with E-state index in [0.717, 1.165) is 0 Å². The van der Waals surface area contributed by atoms with Gasteiger partial charge in [0.25, 0.3) is 0 Å². The summed E-state index contributed by atoms with van der Waals surface area (Å²) in [4.78, 5) is 49.4. The van der Waals surface area contributed by atoms with Crippen LogP contribution in [0.2, 0.25) is 0 Å². The van der Waals surface area contributed by atoms with Crippen molar-refractivity contribution in [2.24, 2.45) is 23.2 Å². The van der Waals surface area contributed by atoms with E-state index in [0.29, 0.717) is 13.0 Å². The maximum Gasteiger partial charge on any atom is 0.471 e. The fourth-order valence-corrected chi connectivity index (χ4v) is 4.76. The molecule has 0 aromatic heterocycles. The molecule has 1 aliphatic carbocycles. The number of piperidine rings is 1. The Morgan fingerprint density at radius 3 is 2.58 bits per heavy atom. The van der Waals surface area contributed by atoms with Crippen LogP contribution in [-0.2, 0) is 19.2 Å². The molecular formula is C19H24F3N5O4. The number of rotatable bonds is 6. The third kappa shape index (κ3) is 4.45. The second-order valence-corrected chi connectivity index (χ2v) is 8.83. The van der Waals surface area contributed by atoms with E-state index in [-0.39, 0.29) is 36.1 Å². The fraction of sp³-hybridized carbons (Fsp3) is 0.737. The average Bonchev–Trinajstić information content (AvgIpc) is 3.05. The number of amides is 4. The molecule has 170 valence electrons. The Bertz CT molecular complexity index is 837. The van der Waals surface area contributed by atoms with Gasteiger partial charge in [0.05, 0.1) is 12.6 Å². The highest BCUT2D eigenvalue weighted by Crippen LogP contribution is 2.64. The van der Waals surface area contributed by atoms with Gasteiger partial charge in [-0.25, -0.2) is 0 Å². The van der Waals surface area contributed by atoms with Crippen molar-refractivity contribution in [3.05, 3.63) is 0 Å². The summed E-state index contributed by atoms with van der Waals surface area (Å²) in [5.74, 6) is -4.41. The molecular weight excluding hydrogens is 419 g/mol. The van der Waals surface area contributed by atoms with E-state index >= 15 is 0 Å². The van der Waals surface area contributed by atoms with Gasteiger partial charge >= 0.3 is 12.1 Å². The first-order valence-corrected chi connectivity index (χ1v) is 10.00. The molecule has 1 saturated carbocycles. The number of nitrogens with one attached hydrogen (secondary N) is 3. The maximum absolute atomic E-state index is 13.0. The highest BCUT2D eigenvalue weighted by molar-refractivity contribution is 5.92. The van der Waals surface area contributed by atoms with Gasteiger partial charge in [0, 0.05) is 19.0 Å². The highest BCUT2D eigenvalue weighted by Gasteiger charge is 2.69. The number of carbonyl (C=O) groups is 4. The summed E-state index contributed by atoms with van der Waals surface area (Å²) in [6.45, 7) is 3.66. The van der Waals surface area contributed by atoms with E-state index < -0.39 is 48.4 Å². The van der Waals surface area contributed by atoms with Crippen LogP contribution in [0.25, 0.3) is 0 Å². The third-order valence-corrected chi connectivity index (χ3v) is 6.61. The van der Waals surface area contributed by atoms with Crippen LogP contribution in [0.4, 0.5) is 13.2 Å². The Kier molecular flexibility index (Phi) is 5.90. The van der Waals surface area contributed by atoms with Crippen LogP contribution >= 0.6 is 0 Å². The quantitative estimate of drug-likeness (QED) is 0.518. The predicted octanol–water partition coefficient (Wildman–Crippen LogP) is -0.318. The minimum Gasteiger partial charge on any atom is -0.356 e. The van der Waals surface area contributed by atoms with Crippen molar-refractivity contribution in [3.63, 3.8) is 0 Å². The predicted molar refractivity (Wildman–Crippen MR) is 98.6 cm³/mol. The van der Waals surface area contributed by atoms with E-state index in [1.807, 2.05) is 19.9 Å². The Hall–Kier alpha value is -2.84. The first kappa shape index (κ1) is 22.8. The summed E-state index contributed by atoms with van der Waals surface area (Å²) in [7, 11) is 0. The highest BCUT2D eigenvalue weighted by atomic mass is 19.4. The zero-order chi connectivity index (χ0) is 23.1. The smallest absolute Gasteiger partial charge is 0.356 e. The van der Waals surface area contributed by atoms with Gasteiger partial charge in [0.2, 0.25) is 17.7 Å². The molecule has 0 bridgehead atoms. The Labute approximate surface area is 176 Å². The van der Waals surface area contributed by atoms with Crippen molar-refractivity contribution in [1.82, 2.24) is 20.9 Å². The normalized spacial score (nSPS) is 29.4. The molecule has 0 spiro atoms. The van der Waals surface area contributed by atoms with Crippen LogP contribution in [0.15, 0.2) is 0 Å². The van der Waals surface area contributed by atoms with Gasteiger partial charge in [-0.05, 0) is 30.1 Å². The number of nitrogens with zero attached hydrogens (tertiary/aromatic N) is 2. The fourth-order valence-electron chi connectivity index (χ4n) is 4.76. The number of nitriles is 1. The number of carbonyl (C=O) groups excluding carboxylic acids is 4. The van der Waals surface area contributed by atoms with Crippen LogP contribution in [-0.4, -0.2) is 66.4 Å². The Morgan fingerprint density at radius 2 is 2.03 bits per heavy atom. The molecule has 0 aromatic carbocycles. The molecule has 12 heteroatoms. The van der Waals surface area contributed by atoms with Crippen LogP contribution in [0.1, 0.15) is 26.7 Å². The van der Waals surface area contributed by atoms with Gasteiger partial charge < -0.3 is 20.9 Å². The summed E-state index contributed by atoms with van der Waals surface area (Å²) in [6.07, 6.45) is -4.43. The molecule has 4 amide bonds. The lowest BCUT2D eigenvalue weighted by molar-refractivity contribution is -0.174. The maximum atomic E-state index is 13.0. The molecule has 2 heterocycles. The molecule has 31 heavy (non-hydrogen) atoms. The van der Waals surface area contributed by atoms with Gasteiger partial charge in [-0.1, -0.05) is 13.8 Å². The van der Waals surface area contributed by atoms with Gasteiger partial charge in [-0.15, -0.1) is 0 Å². The van der Waals surface area contributed by atoms with Gasteiger partial charge in [-0.2, -0.15) is 18.4 Å². The zero-order valence-electron chi connectivity index (χ0n) is 17.1. The Balaban J connectivity index is 1.66. The molecule has 2 aliphatic heterocycles. The van der Waals surface area contributed by atoms with E-state index in [1.165, 1.54) is 10.2 Å². The number of hydrogen-bond acceptors (Lipinski definition) is 5. The lowest BCUT2D eigenvalue weighted by atomic mass is 9.97. The van der Waals surface area contributed by atoms with Crippen LogP contribution in [0.3, 0.4) is 0 Å². The van der Waals surface area contributed by atoms with E-state index in [1.54, 1.807) is 0 Å². The van der Waals surface area contributed by atoms with Crippen LogP contribution in [0, 0.1) is 34.5 Å². The van der Waals surface area contributed by atoms with E-state index in [9.17, 15) is 37.6 Å². The first-order valence-electron chi connectivity index (χ1n) is 10.00. The molecule has 2 saturated heterocycles. The molecule has 3 N–H and O–H groups in total. The molecule has 3 fully saturated rings. The van der Waals surface area contributed by atoms with Crippen molar-refractivity contribution >= 4 is 23.6 Å². The molecule has 3 rings (SSSR count). The van der Waals surface area contributed by atoms with Crippen molar-refractivity contribution in [2.45, 2.75) is 44.9 Å². The minimum atomic E-state index is -5.11. The summed E-state index contributed by atoms with van der Waals surface area (Å²) in [5, 5.41) is 16.2. The number of halogens is 3. The number of alkyl halides is 3. The second kappa shape index (κ2) is 8.01. The van der Waals surface area contributed by atoms with Crippen molar-refractivity contribution in [3.8, 4) is 6.07 Å². The van der Waals surface area contributed by atoms with Gasteiger partial charge in [-0.3, -0.25) is 19.2 Å². The number of likely N-dealkylation sites (tertiary alicyclic amines) is 1. The molecule has 0 radical (unpaired) electrons. The van der Waals surface area contributed by atoms with Crippen molar-refractivity contribution < 1.29 is 32.3 Å². The monoisotopic (exact) mass is 443 g/mol. The average molecular weight is 443 g/mol. The molecule has 0 aromatic rings. The van der Waals surface area contributed by atoms with E-state index in [4.69, 9.17) is 0 Å². The zero-order valence-corrected chi connectivity index (χ0v) is 17.1. The van der Waals surface area contributed by atoms with Crippen molar-refractivity contribution in [1.29, 1.82) is 5.26 Å².